The maximum atomic E-state index is 12.7. The number of hydrogen-bond acceptors (Lipinski definition) is 2. The molecule has 0 saturated carbocycles. The molecular weight excluding hydrogens is 271 g/mol. The standard InChI is InChI=1S/C16H17O3P/c17-16(12-6-2-1-3-7-12)20(18,19)15-10-13-8-4-5-9-14(13)11-15/h1-9,15-17H,10-11H2,(H,18,19). The van der Waals surface area contributed by atoms with Crippen molar-refractivity contribution in [1.29, 1.82) is 0 Å². The molecule has 0 heterocycles. The van der Waals surface area contributed by atoms with Crippen LogP contribution >= 0.6 is 7.37 Å². The first kappa shape index (κ1) is 13.6. The maximum absolute atomic E-state index is 12.7. The van der Waals surface area contributed by atoms with Gasteiger partial charge in [-0.05, 0) is 29.5 Å². The highest BCUT2D eigenvalue weighted by Gasteiger charge is 2.41. The molecule has 2 N–H and O–H groups in total. The summed E-state index contributed by atoms with van der Waals surface area (Å²) in [5, 5.41) is 10.3. The first-order valence-corrected chi connectivity index (χ1v) is 8.51. The van der Waals surface area contributed by atoms with Crippen LogP contribution in [-0.2, 0) is 17.4 Å². The minimum Gasteiger partial charge on any atom is -0.378 e. The molecule has 0 aliphatic heterocycles. The molecule has 2 unspecified atom stereocenters. The summed E-state index contributed by atoms with van der Waals surface area (Å²) in [5.74, 6) is -1.30. The van der Waals surface area contributed by atoms with Gasteiger partial charge in [0.2, 0.25) is 7.37 Å². The van der Waals surface area contributed by atoms with E-state index in [0.29, 0.717) is 18.4 Å². The molecule has 0 saturated heterocycles. The molecule has 4 heteroatoms. The Hall–Kier alpha value is -1.41. The summed E-state index contributed by atoms with van der Waals surface area (Å²) in [6.45, 7) is 0. The number of benzene rings is 2. The van der Waals surface area contributed by atoms with E-state index < -0.39 is 18.9 Å². The molecule has 1 aliphatic carbocycles. The van der Waals surface area contributed by atoms with E-state index in [9.17, 15) is 14.6 Å². The van der Waals surface area contributed by atoms with Crippen molar-refractivity contribution in [2.24, 2.45) is 0 Å². The van der Waals surface area contributed by atoms with Crippen molar-refractivity contribution in [3.05, 3.63) is 71.3 Å². The van der Waals surface area contributed by atoms with Gasteiger partial charge in [0.15, 0.2) is 5.85 Å². The molecule has 104 valence electrons. The molecule has 2 aromatic carbocycles. The van der Waals surface area contributed by atoms with Crippen LogP contribution < -0.4 is 0 Å². The zero-order valence-electron chi connectivity index (χ0n) is 11.0. The number of aliphatic hydroxyl groups excluding tert-OH is 1. The lowest BCUT2D eigenvalue weighted by Gasteiger charge is -2.23. The Morgan fingerprint density at radius 2 is 1.45 bits per heavy atom. The summed E-state index contributed by atoms with van der Waals surface area (Å²) >= 11 is 0. The zero-order chi connectivity index (χ0) is 14.2. The van der Waals surface area contributed by atoms with Gasteiger partial charge < -0.3 is 10.00 Å². The molecule has 2 aromatic rings. The van der Waals surface area contributed by atoms with Crippen molar-refractivity contribution in [2.45, 2.75) is 24.3 Å². The van der Waals surface area contributed by atoms with Gasteiger partial charge >= 0.3 is 0 Å². The monoisotopic (exact) mass is 288 g/mol. The van der Waals surface area contributed by atoms with Gasteiger partial charge in [0.25, 0.3) is 0 Å². The Morgan fingerprint density at radius 3 is 2.00 bits per heavy atom. The molecule has 0 amide bonds. The summed E-state index contributed by atoms with van der Waals surface area (Å²) in [5.41, 5.74) is 2.35. The minimum atomic E-state index is -3.68. The summed E-state index contributed by atoms with van der Waals surface area (Å²) < 4.78 is 12.7. The van der Waals surface area contributed by atoms with Crippen LogP contribution in [0.2, 0.25) is 0 Å². The molecule has 0 radical (unpaired) electrons. The van der Waals surface area contributed by atoms with Gasteiger partial charge in [-0.3, -0.25) is 4.57 Å². The molecular formula is C16H17O3P. The summed E-state index contributed by atoms with van der Waals surface area (Å²) in [6.07, 6.45) is 1.13. The highest BCUT2D eigenvalue weighted by atomic mass is 31.2. The van der Waals surface area contributed by atoms with Crippen LogP contribution in [0.1, 0.15) is 22.5 Å². The lowest BCUT2D eigenvalue weighted by Crippen LogP contribution is -2.14. The summed E-state index contributed by atoms with van der Waals surface area (Å²) in [6, 6.07) is 16.6. The van der Waals surface area contributed by atoms with Crippen molar-refractivity contribution >= 4 is 7.37 Å². The van der Waals surface area contributed by atoms with E-state index in [1.807, 2.05) is 30.3 Å². The predicted molar refractivity (Wildman–Crippen MR) is 78.9 cm³/mol. The zero-order valence-corrected chi connectivity index (χ0v) is 11.9. The number of rotatable bonds is 3. The second-order valence-corrected chi connectivity index (χ2v) is 7.85. The van der Waals surface area contributed by atoms with E-state index >= 15 is 0 Å². The third kappa shape index (κ3) is 2.33. The van der Waals surface area contributed by atoms with Crippen molar-refractivity contribution in [3.63, 3.8) is 0 Å². The number of fused-ring (bicyclic) bond motifs is 1. The van der Waals surface area contributed by atoms with Gasteiger partial charge in [-0.15, -0.1) is 0 Å². The first-order chi connectivity index (χ1) is 9.59. The summed E-state index contributed by atoms with van der Waals surface area (Å²) in [7, 11) is -3.68. The Balaban J connectivity index is 1.86. The molecule has 0 bridgehead atoms. The fourth-order valence-electron chi connectivity index (χ4n) is 2.84. The van der Waals surface area contributed by atoms with Crippen molar-refractivity contribution in [1.82, 2.24) is 0 Å². The SMILES string of the molecule is O=P(O)(C1Cc2ccccc2C1)C(O)c1ccccc1. The number of hydrogen-bond donors (Lipinski definition) is 2. The first-order valence-electron chi connectivity index (χ1n) is 6.71. The van der Waals surface area contributed by atoms with Gasteiger partial charge in [0.05, 0.1) is 0 Å². The Bertz CT molecular complexity index is 629. The molecule has 3 rings (SSSR count). The average molecular weight is 288 g/mol. The van der Waals surface area contributed by atoms with Crippen LogP contribution in [0.15, 0.2) is 54.6 Å². The minimum absolute atomic E-state index is 0.393. The van der Waals surface area contributed by atoms with E-state index in [-0.39, 0.29) is 0 Å². The topological polar surface area (TPSA) is 57.5 Å². The number of aliphatic hydroxyl groups is 1. The fourth-order valence-corrected chi connectivity index (χ4v) is 4.75. The molecule has 20 heavy (non-hydrogen) atoms. The smallest absolute Gasteiger partial charge is 0.236 e. The van der Waals surface area contributed by atoms with Gasteiger partial charge in [-0.2, -0.15) is 0 Å². The van der Waals surface area contributed by atoms with Crippen molar-refractivity contribution < 1.29 is 14.6 Å². The highest BCUT2D eigenvalue weighted by molar-refractivity contribution is 7.58. The van der Waals surface area contributed by atoms with Gasteiger partial charge in [0, 0.05) is 5.66 Å². The Kier molecular flexibility index (Phi) is 3.51. The van der Waals surface area contributed by atoms with E-state index in [0.717, 1.165) is 11.1 Å². The van der Waals surface area contributed by atoms with E-state index in [1.54, 1.807) is 24.3 Å². The molecule has 0 fully saturated rings. The predicted octanol–water partition coefficient (Wildman–Crippen LogP) is 3.12. The normalized spacial score (nSPS) is 19.3. The summed E-state index contributed by atoms with van der Waals surface area (Å²) in [4.78, 5) is 10.4. The average Bonchev–Trinajstić information content (AvgIpc) is 2.92. The molecule has 1 aliphatic rings. The maximum Gasteiger partial charge on any atom is 0.236 e. The lowest BCUT2D eigenvalue weighted by molar-refractivity contribution is 0.231. The van der Waals surface area contributed by atoms with Crippen LogP contribution in [0.5, 0.6) is 0 Å². The second kappa shape index (κ2) is 5.17. The Morgan fingerprint density at radius 1 is 0.950 bits per heavy atom. The quantitative estimate of drug-likeness (QED) is 0.853. The lowest BCUT2D eigenvalue weighted by atomic mass is 10.1. The molecule has 3 nitrogen and oxygen atoms in total. The Labute approximate surface area is 118 Å². The molecule has 0 spiro atoms. The van der Waals surface area contributed by atoms with E-state index in [4.69, 9.17) is 0 Å². The van der Waals surface area contributed by atoms with Crippen LogP contribution in [0, 0.1) is 0 Å². The van der Waals surface area contributed by atoms with Crippen LogP contribution in [0.3, 0.4) is 0 Å². The molecule has 2 atom stereocenters. The van der Waals surface area contributed by atoms with Crippen LogP contribution in [0.4, 0.5) is 0 Å². The third-order valence-corrected chi connectivity index (χ3v) is 6.41. The largest absolute Gasteiger partial charge is 0.378 e. The highest BCUT2D eigenvalue weighted by Crippen LogP contribution is 2.60. The second-order valence-electron chi connectivity index (χ2n) is 5.29. The van der Waals surface area contributed by atoms with Crippen molar-refractivity contribution in [3.8, 4) is 0 Å². The van der Waals surface area contributed by atoms with Gasteiger partial charge in [0.1, 0.15) is 0 Å². The van der Waals surface area contributed by atoms with E-state index in [2.05, 4.69) is 0 Å². The van der Waals surface area contributed by atoms with Crippen LogP contribution in [-0.4, -0.2) is 15.7 Å². The van der Waals surface area contributed by atoms with Gasteiger partial charge in [-0.25, -0.2) is 0 Å². The van der Waals surface area contributed by atoms with Gasteiger partial charge in [-0.1, -0.05) is 54.6 Å². The fraction of sp³-hybridized carbons (Fsp3) is 0.250. The van der Waals surface area contributed by atoms with E-state index in [1.165, 1.54) is 0 Å². The van der Waals surface area contributed by atoms with Crippen LogP contribution in [0.25, 0.3) is 0 Å². The van der Waals surface area contributed by atoms with Crippen molar-refractivity contribution in [2.75, 3.05) is 0 Å². The third-order valence-electron chi connectivity index (χ3n) is 4.00. The molecule has 0 aromatic heterocycles.